The fourth-order valence-corrected chi connectivity index (χ4v) is 0. The Hall–Kier alpha value is 2.03. The third kappa shape index (κ3) is 8.98. The predicted molar refractivity (Wildman–Crippen MR) is 13.6 cm³/mol. The maximum Gasteiger partial charge on any atom is 0 e. The molecule has 0 aromatic carbocycles. The van der Waals surface area contributed by atoms with E-state index in [2.05, 4.69) is 0 Å². The maximum absolute atomic E-state index is 8.12. The molecule has 4 heavy (non-hydrogen) atoms. The van der Waals surface area contributed by atoms with Gasteiger partial charge < -0.3 is 0 Å². The molecule has 0 heterocycles. The van der Waals surface area contributed by atoms with Crippen LogP contribution in [0.3, 0.4) is 0 Å². The van der Waals surface area contributed by atoms with Crippen LogP contribution in [0.15, 0.2) is 0 Å². The Morgan fingerprint density at radius 3 is 1.25 bits per heavy atom. The quantitative estimate of drug-likeness (QED) is 0.416. The molecule has 1 nitrogen and oxygen atoms in total. The Morgan fingerprint density at radius 2 is 1.25 bits per heavy atom. The molecular formula is HNaOSeTi. The van der Waals surface area contributed by atoms with Gasteiger partial charge in [-0.25, -0.2) is 0 Å². The molecule has 0 spiro atoms. The standard InChI is InChI=1S/Na.OSe.Ti.H/c;1-2;;. The maximum atomic E-state index is 8.12. The van der Waals surface area contributed by atoms with Gasteiger partial charge in [0.25, 0.3) is 0 Å². The largest absolute Gasteiger partial charge is 0 e. The molecule has 0 aromatic rings. The Kier molecular flexibility index (Phi) is 82.2. The van der Waals surface area contributed by atoms with Crippen LogP contribution in [0.4, 0.5) is 0 Å². The van der Waals surface area contributed by atoms with Crippen molar-refractivity contribution in [3.63, 3.8) is 0 Å². The molecular weight excluding hydrogens is 166 g/mol. The van der Waals surface area contributed by atoms with Crippen molar-refractivity contribution in [2.75, 3.05) is 0 Å². The van der Waals surface area contributed by atoms with Gasteiger partial charge in [0.1, 0.15) is 0 Å². The van der Waals surface area contributed by atoms with Crippen molar-refractivity contribution in [2.45, 2.75) is 0 Å². The molecule has 0 rings (SSSR count). The smallest absolute Gasteiger partial charge is 0 e. The van der Waals surface area contributed by atoms with Crippen LogP contribution in [-0.4, -0.2) is 45.5 Å². The van der Waals surface area contributed by atoms with Gasteiger partial charge >= 0.3 is 49.3 Å². The second-order valence-corrected chi connectivity index (χ2v) is 0. The molecule has 0 aliphatic rings. The van der Waals surface area contributed by atoms with E-state index < -0.39 is 0 Å². The van der Waals surface area contributed by atoms with Crippen LogP contribution < -0.4 is 0 Å². The summed E-state index contributed by atoms with van der Waals surface area (Å²) in [6, 6.07) is 0. The van der Waals surface area contributed by atoms with Crippen molar-refractivity contribution >= 4 is 45.5 Å². The van der Waals surface area contributed by atoms with E-state index in [9.17, 15) is 0 Å². The Morgan fingerprint density at radius 1 is 1.25 bits per heavy atom. The van der Waals surface area contributed by atoms with E-state index in [4.69, 9.17) is 3.83 Å². The van der Waals surface area contributed by atoms with Crippen molar-refractivity contribution in [2.24, 2.45) is 0 Å². The number of hydrogen-bond acceptors (Lipinski definition) is 1. The van der Waals surface area contributed by atoms with E-state index in [0.29, 0.717) is 0 Å². The summed E-state index contributed by atoms with van der Waals surface area (Å²) in [5.41, 5.74) is 0. The Labute approximate surface area is 70.1 Å². The molecule has 0 bridgehead atoms. The molecule has 0 amide bonds. The minimum Gasteiger partial charge on any atom is 0 e. The molecule has 0 aromatic heterocycles. The summed E-state index contributed by atoms with van der Waals surface area (Å²) >= 11 is 1.38. The van der Waals surface area contributed by atoms with E-state index in [1.54, 1.807) is 0 Å². The normalized spacial score (nSPS) is 1.00. The summed E-state index contributed by atoms with van der Waals surface area (Å²) in [7, 11) is 0. The molecule has 4 heteroatoms. The predicted octanol–water partition coefficient (Wildman–Crippen LogP) is -1.15. The van der Waals surface area contributed by atoms with E-state index in [0.717, 1.165) is 0 Å². The van der Waals surface area contributed by atoms with Crippen LogP contribution >= 0.6 is 0 Å². The van der Waals surface area contributed by atoms with Crippen LogP contribution in [0.25, 0.3) is 0 Å². The molecule has 0 aliphatic carbocycles. The summed E-state index contributed by atoms with van der Waals surface area (Å²) in [6.07, 6.45) is 0. The summed E-state index contributed by atoms with van der Waals surface area (Å²) in [5.74, 6) is 0. The van der Waals surface area contributed by atoms with Crippen LogP contribution in [0, 0.1) is 0 Å². The van der Waals surface area contributed by atoms with Gasteiger partial charge in [-0.1, -0.05) is 0 Å². The van der Waals surface area contributed by atoms with Crippen LogP contribution in [0.1, 0.15) is 0 Å². The zero-order valence-electron chi connectivity index (χ0n) is 1.32. The molecule has 0 N–H and O–H groups in total. The van der Waals surface area contributed by atoms with Gasteiger partial charge in [0.05, 0.1) is 0 Å². The molecule has 0 radical (unpaired) electrons. The summed E-state index contributed by atoms with van der Waals surface area (Å²) < 4.78 is 8.12. The first kappa shape index (κ1) is 16.6. The first-order valence-electron chi connectivity index (χ1n) is 0.167. The SMILES string of the molecule is O=[Se].[NaH].[Ti]. The van der Waals surface area contributed by atoms with Crippen LogP contribution in [0.5, 0.6) is 0 Å². The van der Waals surface area contributed by atoms with Crippen molar-refractivity contribution in [1.29, 1.82) is 0 Å². The number of rotatable bonds is 0. The monoisotopic (exact) mass is 168 g/mol. The van der Waals surface area contributed by atoms with E-state index in [-0.39, 0.29) is 51.3 Å². The second kappa shape index (κ2) is 19.8. The Bertz CT molecular complexity index is 8.00. The average molecular weight is 167 g/mol. The van der Waals surface area contributed by atoms with Crippen molar-refractivity contribution < 1.29 is 25.6 Å². The summed E-state index contributed by atoms with van der Waals surface area (Å²) in [6.45, 7) is 0. The van der Waals surface area contributed by atoms with Gasteiger partial charge in [-0.05, 0) is 0 Å². The van der Waals surface area contributed by atoms with Crippen LogP contribution in [0.2, 0.25) is 0 Å². The zero-order chi connectivity index (χ0) is 2.00. The summed E-state index contributed by atoms with van der Waals surface area (Å²) in [5, 5.41) is 0. The molecule has 0 saturated carbocycles. The summed E-state index contributed by atoms with van der Waals surface area (Å²) in [4.78, 5) is 0. The number of hydrogen-bond donors (Lipinski definition) is 0. The third-order valence-electron chi connectivity index (χ3n) is 0. The average Bonchev–Trinajstić information content (AvgIpc) is 1.00. The first-order chi connectivity index (χ1) is 1.00. The van der Waals surface area contributed by atoms with Crippen molar-refractivity contribution in [3.05, 3.63) is 0 Å². The third-order valence-corrected chi connectivity index (χ3v) is 0. The molecule has 0 unspecified atom stereocenters. The zero-order valence-corrected chi connectivity index (χ0v) is 4.59. The Balaban J connectivity index is -0.00000000500. The molecule has 18 valence electrons. The topological polar surface area (TPSA) is 17.1 Å². The molecule has 0 aliphatic heterocycles. The van der Waals surface area contributed by atoms with Crippen molar-refractivity contribution in [3.8, 4) is 0 Å². The fraction of sp³-hybridized carbons (Fsp3) is 0. The fourth-order valence-electron chi connectivity index (χ4n) is 0. The van der Waals surface area contributed by atoms with Gasteiger partial charge in [-0.3, -0.25) is 0 Å². The van der Waals surface area contributed by atoms with E-state index >= 15 is 0 Å². The second-order valence-electron chi connectivity index (χ2n) is 0. The minimum absolute atomic E-state index is 0. The van der Waals surface area contributed by atoms with E-state index in [1.165, 1.54) is 15.9 Å². The van der Waals surface area contributed by atoms with Gasteiger partial charge in [0, 0.05) is 21.7 Å². The first-order valence-corrected chi connectivity index (χ1v) is 0.866. The van der Waals surface area contributed by atoms with Gasteiger partial charge in [0.2, 0.25) is 0 Å². The van der Waals surface area contributed by atoms with Crippen molar-refractivity contribution in [1.82, 2.24) is 0 Å². The molecule has 0 saturated heterocycles. The van der Waals surface area contributed by atoms with Gasteiger partial charge in [-0.2, -0.15) is 0 Å². The molecule has 0 atom stereocenters. The minimum atomic E-state index is 0. The van der Waals surface area contributed by atoms with Gasteiger partial charge in [-0.15, -0.1) is 0 Å². The molecule has 0 fully saturated rings. The van der Waals surface area contributed by atoms with Crippen LogP contribution in [-0.2, 0) is 25.6 Å². The van der Waals surface area contributed by atoms with E-state index in [1.807, 2.05) is 0 Å². The van der Waals surface area contributed by atoms with Gasteiger partial charge in [0.15, 0.2) is 0 Å².